The number of anilines is 2. The summed E-state index contributed by atoms with van der Waals surface area (Å²) in [6.07, 6.45) is 0. The number of carbonyl (C=O) groups is 2. The summed E-state index contributed by atoms with van der Waals surface area (Å²) < 4.78 is 13.7. The zero-order valence-electron chi connectivity index (χ0n) is 18.7. The summed E-state index contributed by atoms with van der Waals surface area (Å²) in [5.41, 5.74) is 0.706. The van der Waals surface area contributed by atoms with Gasteiger partial charge in [0.05, 0.1) is 11.4 Å². The van der Waals surface area contributed by atoms with Crippen molar-refractivity contribution in [3.63, 3.8) is 0 Å². The second kappa shape index (κ2) is 11.2. The third-order valence-corrected chi connectivity index (χ3v) is 6.74. The van der Waals surface area contributed by atoms with Crippen LogP contribution in [0.4, 0.5) is 15.9 Å². The third-order valence-electron chi connectivity index (χ3n) is 5.44. The van der Waals surface area contributed by atoms with E-state index in [2.05, 4.69) is 15.3 Å². The Labute approximate surface area is 216 Å². The summed E-state index contributed by atoms with van der Waals surface area (Å²) in [6.45, 7) is 3.61. The van der Waals surface area contributed by atoms with Crippen molar-refractivity contribution in [2.75, 3.05) is 35.6 Å². The lowest BCUT2D eigenvalue weighted by Crippen LogP contribution is -2.54. The monoisotopic (exact) mass is 533 g/mol. The van der Waals surface area contributed by atoms with Crippen LogP contribution in [0.3, 0.4) is 0 Å². The molecule has 0 saturated carbocycles. The van der Waals surface area contributed by atoms with Crippen molar-refractivity contribution in [1.82, 2.24) is 14.9 Å². The summed E-state index contributed by atoms with van der Waals surface area (Å²) in [5, 5.41) is 3.70. The first kappa shape index (κ1) is 25.2. The lowest BCUT2D eigenvalue weighted by Gasteiger charge is -2.40. The lowest BCUT2D eigenvalue weighted by molar-refractivity contribution is -0.113. The van der Waals surface area contributed by atoms with E-state index in [1.165, 1.54) is 12.1 Å². The molecule has 0 bridgehead atoms. The maximum Gasteiger partial charge on any atom is 0.254 e. The van der Waals surface area contributed by atoms with Crippen LogP contribution in [0.25, 0.3) is 0 Å². The highest BCUT2D eigenvalue weighted by molar-refractivity contribution is 7.99. The average Bonchev–Trinajstić information content (AvgIpc) is 2.84. The van der Waals surface area contributed by atoms with Gasteiger partial charge in [0.2, 0.25) is 5.91 Å². The van der Waals surface area contributed by atoms with E-state index in [1.54, 1.807) is 42.5 Å². The van der Waals surface area contributed by atoms with Gasteiger partial charge >= 0.3 is 0 Å². The van der Waals surface area contributed by atoms with Crippen molar-refractivity contribution in [2.24, 2.45) is 0 Å². The smallest absolute Gasteiger partial charge is 0.254 e. The van der Waals surface area contributed by atoms with E-state index in [9.17, 15) is 14.0 Å². The lowest BCUT2D eigenvalue weighted by atomic mass is 10.1. The molecule has 1 aliphatic rings. The molecule has 3 aromatic rings. The summed E-state index contributed by atoms with van der Waals surface area (Å²) in [4.78, 5) is 37.8. The molecule has 1 aromatic heterocycles. The zero-order valence-corrected chi connectivity index (χ0v) is 21.1. The molecule has 35 heavy (non-hydrogen) atoms. The van der Waals surface area contributed by atoms with Crippen LogP contribution in [0.2, 0.25) is 10.2 Å². The van der Waals surface area contributed by atoms with Crippen LogP contribution in [0.5, 0.6) is 0 Å². The number of nitrogens with one attached hydrogen (secondary N) is 1. The van der Waals surface area contributed by atoms with Gasteiger partial charge in [0.1, 0.15) is 16.8 Å². The van der Waals surface area contributed by atoms with Gasteiger partial charge in [0.25, 0.3) is 5.91 Å². The van der Waals surface area contributed by atoms with Crippen LogP contribution in [-0.2, 0) is 4.79 Å². The molecule has 2 heterocycles. The predicted octanol–water partition coefficient (Wildman–Crippen LogP) is 5.00. The van der Waals surface area contributed by atoms with Gasteiger partial charge in [-0.25, -0.2) is 14.4 Å². The summed E-state index contributed by atoms with van der Waals surface area (Å²) >= 11 is 13.3. The topological polar surface area (TPSA) is 78.4 Å². The van der Waals surface area contributed by atoms with E-state index in [0.29, 0.717) is 41.2 Å². The molecule has 1 saturated heterocycles. The molecule has 1 aliphatic heterocycles. The SMILES string of the molecule is CC1CN(c2cc(Cl)nc(SCC(=O)Nc3ccccc3F)n2)CCN1C(=O)c1ccc(Cl)cc1. The minimum Gasteiger partial charge on any atom is -0.353 e. The van der Waals surface area contributed by atoms with E-state index < -0.39 is 5.82 Å². The Morgan fingerprint density at radius 3 is 2.57 bits per heavy atom. The van der Waals surface area contributed by atoms with E-state index in [-0.39, 0.29) is 34.4 Å². The number of carbonyl (C=O) groups excluding carboxylic acids is 2. The number of thioether (sulfide) groups is 1. The van der Waals surface area contributed by atoms with Gasteiger partial charge in [-0.2, -0.15) is 0 Å². The van der Waals surface area contributed by atoms with Gasteiger partial charge in [-0.3, -0.25) is 9.59 Å². The van der Waals surface area contributed by atoms with Crippen LogP contribution in [0, 0.1) is 5.82 Å². The molecular formula is C24H22Cl2FN5O2S. The number of hydrogen-bond donors (Lipinski definition) is 1. The predicted molar refractivity (Wildman–Crippen MR) is 137 cm³/mol. The molecule has 1 atom stereocenters. The van der Waals surface area contributed by atoms with Gasteiger partial charge in [-0.1, -0.05) is 47.1 Å². The Kier molecular flexibility index (Phi) is 8.10. The number of para-hydroxylation sites is 1. The van der Waals surface area contributed by atoms with Crippen LogP contribution in [-0.4, -0.2) is 58.1 Å². The van der Waals surface area contributed by atoms with Crippen molar-refractivity contribution in [1.29, 1.82) is 0 Å². The maximum atomic E-state index is 13.7. The fourth-order valence-corrected chi connectivity index (χ4v) is 4.72. The molecule has 1 unspecified atom stereocenters. The maximum absolute atomic E-state index is 13.7. The quantitative estimate of drug-likeness (QED) is 0.272. The van der Waals surface area contributed by atoms with Crippen LogP contribution < -0.4 is 10.2 Å². The van der Waals surface area contributed by atoms with Gasteiger partial charge in [-0.15, -0.1) is 0 Å². The summed E-state index contributed by atoms with van der Waals surface area (Å²) in [5.74, 6) is -0.323. The summed E-state index contributed by atoms with van der Waals surface area (Å²) in [7, 11) is 0. The molecule has 4 rings (SSSR count). The Balaban J connectivity index is 1.38. The average molecular weight is 534 g/mol. The number of nitrogens with zero attached hydrogens (tertiary/aromatic N) is 4. The van der Waals surface area contributed by atoms with E-state index >= 15 is 0 Å². The minimum atomic E-state index is -0.505. The Hall–Kier alpha value is -2.88. The third kappa shape index (κ3) is 6.42. The van der Waals surface area contributed by atoms with Crippen LogP contribution in [0.1, 0.15) is 17.3 Å². The van der Waals surface area contributed by atoms with Crippen LogP contribution in [0.15, 0.2) is 59.8 Å². The Morgan fingerprint density at radius 1 is 1.11 bits per heavy atom. The van der Waals surface area contributed by atoms with E-state index in [0.717, 1.165) is 11.8 Å². The van der Waals surface area contributed by atoms with Crippen molar-refractivity contribution >= 4 is 58.3 Å². The minimum absolute atomic E-state index is 0.00606. The number of hydrogen-bond acceptors (Lipinski definition) is 6. The number of benzene rings is 2. The Morgan fingerprint density at radius 2 is 1.86 bits per heavy atom. The standard InChI is InChI=1S/C24H22Cl2FN5O2S/c1-15-13-31(10-11-32(15)23(34)16-6-8-17(25)9-7-16)21-12-20(26)29-24(30-21)35-14-22(33)28-19-5-3-2-4-18(19)27/h2-9,12,15H,10-11,13-14H2,1H3,(H,28,33). The van der Waals surface area contributed by atoms with Crippen molar-refractivity contribution in [3.8, 4) is 0 Å². The highest BCUT2D eigenvalue weighted by atomic mass is 35.5. The highest BCUT2D eigenvalue weighted by Crippen LogP contribution is 2.25. The fraction of sp³-hybridized carbons (Fsp3) is 0.250. The molecule has 0 spiro atoms. The molecular weight excluding hydrogens is 512 g/mol. The van der Waals surface area contributed by atoms with Crippen molar-refractivity contribution in [2.45, 2.75) is 18.1 Å². The number of piperazine rings is 1. The van der Waals surface area contributed by atoms with E-state index in [1.807, 2.05) is 16.7 Å². The first-order valence-electron chi connectivity index (χ1n) is 10.8. The number of amides is 2. The zero-order chi connectivity index (χ0) is 24.9. The second-order valence-corrected chi connectivity index (χ2v) is 9.71. The molecule has 0 radical (unpaired) electrons. The molecule has 11 heteroatoms. The molecule has 1 N–H and O–H groups in total. The normalized spacial score (nSPS) is 15.7. The van der Waals surface area contributed by atoms with Crippen molar-refractivity contribution in [3.05, 3.63) is 76.2 Å². The van der Waals surface area contributed by atoms with Gasteiger partial charge in [0.15, 0.2) is 5.16 Å². The highest BCUT2D eigenvalue weighted by Gasteiger charge is 2.29. The number of aromatic nitrogens is 2. The molecule has 2 amide bonds. The Bertz CT molecular complexity index is 1230. The fourth-order valence-electron chi connectivity index (χ4n) is 3.72. The van der Waals surface area contributed by atoms with Crippen LogP contribution >= 0.6 is 35.0 Å². The second-order valence-electron chi connectivity index (χ2n) is 7.95. The molecule has 1 fully saturated rings. The molecule has 2 aromatic carbocycles. The van der Waals surface area contributed by atoms with Gasteiger partial charge in [0, 0.05) is 42.3 Å². The number of halogens is 3. The van der Waals surface area contributed by atoms with Gasteiger partial charge < -0.3 is 15.1 Å². The first-order chi connectivity index (χ1) is 16.8. The summed E-state index contributed by atoms with van der Waals surface area (Å²) in [6, 6.07) is 14.4. The molecule has 7 nitrogen and oxygen atoms in total. The largest absolute Gasteiger partial charge is 0.353 e. The number of rotatable bonds is 6. The van der Waals surface area contributed by atoms with Crippen molar-refractivity contribution < 1.29 is 14.0 Å². The molecule has 0 aliphatic carbocycles. The first-order valence-corrected chi connectivity index (χ1v) is 12.6. The van der Waals surface area contributed by atoms with Gasteiger partial charge in [-0.05, 0) is 43.3 Å². The van der Waals surface area contributed by atoms with E-state index in [4.69, 9.17) is 23.2 Å². The molecule has 182 valence electrons.